The van der Waals surface area contributed by atoms with Gasteiger partial charge in [-0.15, -0.1) is 0 Å². The first-order valence-electron chi connectivity index (χ1n) is 7.95. The number of ether oxygens (including phenoxy) is 1. The summed E-state index contributed by atoms with van der Waals surface area (Å²) in [6.07, 6.45) is 4.91. The molecule has 2 heteroatoms. The molecule has 0 bridgehead atoms. The minimum Gasteiger partial charge on any atom is -0.489 e. The van der Waals surface area contributed by atoms with E-state index in [-0.39, 0.29) is 11.6 Å². The van der Waals surface area contributed by atoms with Gasteiger partial charge in [0.15, 0.2) is 0 Å². The summed E-state index contributed by atoms with van der Waals surface area (Å²) in [5, 5.41) is 3.51. The number of unbranched alkanes of at least 4 members (excludes halogenated alkanes) is 1. The van der Waals surface area contributed by atoms with Gasteiger partial charge in [0.05, 0.1) is 0 Å². The lowest BCUT2D eigenvalue weighted by molar-refractivity contribution is 0.181. The summed E-state index contributed by atoms with van der Waals surface area (Å²) in [6.45, 7) is 11.8. The van der Waals surface area contributed by atoms with Gasteiger partial charge in [0, 0.05) is 12.1 Å². The summed E-state index contributed by atoms with van der Waals surface area (Å²) in [4.78, 5) is 0. The van der Waals surface area contributed by atoms with Crippen LogP contribution in [0.15, 0.2) is 24.3 Å². The summed E-state index contributed by atoms with van der Waals surface area (Å²) in [6, 6.07) is 8.58. The van der Waals surface area contributed by atoms with Crippen LogP contribution in [0.25, 0.3) is 0 Å². The van der Waals surface area contributed by atoms with Crippen LogP contribution in [0.3, 0.4) is 0 Å². The summed E-state index contributed by atoms with van der Waals surface area (Å²) in [7, 11) is 0. The first kappa shape index (κ1) is 17.0. The van der Waals surface area contributed by atoms with Gasteiger partial charge >= 0.3 is 0 Å². The molecule has 1 unspecified atom stereocenters. The fraction of sp³-hybridized carbons (Fsp3) is 0.667. The van der Waals surface area contributed by atoms with Crippen molar-refractivity contribution in [2.75, 3.05) is 6.54 Å². The molecule has 2 nitrogen and oxygen atoms in total. The van der Waals surface area contributed by atoms with Crippen LogP contribution in [-0.2, 0) is 6.42 Å². The van der Waals surface area contributed by atoms with E-state index in [1.165, 1.54) is 24.8 Å². The molecule has 0 fully saturated rings. The predicted molar refractivity (Wildman–Crippen MR) is 87.5 cm³/mol. The third-order valence-corrected chi connectivity index (χ3v) is 3.36. The number of nitrogens with one attached hydrogen (secondary N) is 1. The quantitative estimate of drug-likeness (QED) is 0.751. The lowest BCUT2D eigenvalue weighted by Gasteiger charge is -2.25. The third kappa shape index (κ3) is 6.95. The second-order valence-electron chi connectivity index (χ2n) is 6.53. The lowest BCUT2D eigenvalue weighted by atomic mass is 10.1. The van der Waals surface area contributed by atoms with Crippen molar-refractivity contribution in [2.24, 2.45) is 0 Å². The topological polar surface area (TPSA) is 21.3 Å². The first-order valence-corrected chi connectivity index (χ1v) is 7.95. The summed E-state index contributed by atoms with van der Waals surface area (Å²) in [5.41, 5.74) is 1.54. The largest absolute Gasteiger partial charge is 0.489 e. The van der Waals surface area contributed by atoms with Crippen LogP contribution in [0.1, 0.15) is 59.4 Å². The van der Waals surface area contributed by atoms with Crippen molar-refractivity contribution in [1.82, 2.24) is 5.32 Å². The van der Waals surface area contributed by atoms with Crippen molar-refractivity contribution in [3.63, 3.8) is 0 Å². The molecule has 0 aliphatic carbocycles. The molecule has 0 heterocycles. The average molecular weight is 277 g/mol. The first-order chi connectivity index (χ1) is 9.44. The van der Waals surface area contributed by atoms with Crippen LogP contribution in [-0.4, -0.2) is 18.2 Å². The van der Waals surface area contributed by atoms with Crippen molar-refractivity contribution in [2.45, 2.75) is 71.9 Å². The molecular weight excluding hydrogens is 246 g/mol. The lowest BCUT2D eigenvalue weighted by Crippen LogP contribution is -2.42. The zero-order valence-electron chi connectivity index (χ0n) is 13.8. The Hall–Kier alpha value is -1.02. The second-order valence-corrected chi connectivity index (χ2v) is 6.53. The third-order valence-electron chi connectivity index (χ3n) is 3.36. The highest BCUT2D eigenvalue weighted by Crippen LogP contribution is 2.16. The van der Waals surface area contributed by atoms with Crippen LogP contribution < -0.4 is 10.1 Å². The summed E-state index contributed by atoms with van der Waals surface area (Å²) < 4.78 is 6.06. The minimum absolute atomic E-state index is 0.140. The number of hydrogen-bond donors (Lipinski definition) is 1. The van der Waals surface area contributed by atoms with Gasteiger partial charge in [-0.25, -0.2) is 0 Å². The monoisotopic (exact) mass is 277 g/mol. The Balaban J connectivity index is 2.48. The number of hydrogen-bond acceptors (Lipinski definition) is 2. The molecule has 0 aliphatic rings. The number of aryl methyl sites for hydroxylation is 1. The van der Waals surface area contributed by atoms with Gasteiger partial charge in [-0.1, -0.05) is 32.4 Å². The van der Waals surface area contributed by atoms with E-state index >= 15 is 0 Å². The van der Waals surface area contributed by atoms with Crippen molar-refractivity contribution < 1.29 is 4.74 Å². The Bertz CT molecular complexity index is 364. The number of benzene rings is 1. The van der Waals surface area contributed by atoms with Crippen LogP contribution in [0.4, 0.5) is 0 Å². The summed E-state index contributed by atoms with van der Waals surface area (Å²) >= 11 is 0. The second kappa shape index (κ2) is 8.31. The molecule has 114 valence electrons. The van der Waals surface area contributed by atoms with Crippen LogP contribution in [0.2, 0.25) is 0 Å². The van der Waals surface area contributed by atoms with E-state index in [2.05, 4.69) is 64.2 Å². The molecule has 1 N–H and O–H groups in total. The maximum atomic E-state index is 6.06. The summed E-state index contributed by atoms with van der Waals surface area (Å²) in [5.74, 6) is 0.979. The molecule has 0 saturated heterocycles. The maximum Gasteiger partial charge on any atom is 0.119 e. The highest BCUT2D eigenvalue weighted by Gasteiger charge is 2.14. The molecule has 1 atom stereocenters. The van der Waals surface area contributed by atoms with Gasteiger partial charge in [0.25, 0.3) is 0 Å². The predicted octanol–water partition coefficient (Wildman–Crippen LogP) is 4.57. The van der Waals surface area contributed by atoms with Crippen LogP contribution in [0.5, 0.6) is 5.75 Å². The SMILES string of the molecule is CCCCc1ccc(OC(CC)CNC(C)(C)C)cc1. The molecular formula is C18H31NO. The van der Waals surface area contributed by atoms with Gasteiger partial charge in [-0.05, 0) is 57.7 Å². The van der Waals surface area contributed by atoms with Crippen molar-refractivity contribution in [3.05, 3.63) is 29.8 Å². The minimum atomic E-state index is 0.140. The fourth-order valence-electron chi connectivity index (χ4n) is 2.00. The standard InChI is InChI=1S/C18H31NO/c1-6-8-9-15-10-12-17(13-11-15)20-16(7-2)14-19-18(3,4)5/h10-13,16,19H,6-9,14H2,1-5H3. The van der Waals surface area contributed by atoms with Crippen molar-refractivity contribution >= 4 is 0 Å². The molecule has 1 rings (SSSR count). The molecule has 0 saturated carbocycles. The Kier molecular flexibility index (Phi) is 7.08. The van der Waals surface area contributed by atoms with E-state index in [0.717, 1.165) is 18.7 Å². The van der Waals surface area contributed by atoms with Crippen molar-refractivity contribution in [1.29, 1.82) is 0 Å². The van der Waals surface area contributed by atoms with Gasteiger partial charge in [-0.2, -0.15) is 0 Å². The number of rotatable bonds is 8. The van der Waals surface area contributed by atoms with E-state index in [9.17, 15) is 0 Å². The van der Waals surface area contributed by atoms with E-state index in [4.69, 9.17) is 4.74 Å². The fourth-order valence-corrected chi connectivity index (χ4v) is 2.00. The molecule has 20 heavy (non-hydrogen) atoms. The highest BCUT2D eigenvalue weighted by molar-refractivity contribution is 5.27. The average Bonchev–Trinajstić information content (AvgIpc) is 2.41. The molecule has 0 aromatic heterocycles. The molecule has 1 aromatic carbocycles. The van der Waals surface area contributed by atoms with E-state index in [1.54, 1.807) is 0 Å². The normalized spacial score (nSPS) is 13.2. The Labute approximate surface area is 124 Å². The van der Waals surface area contributed by atoms with Gasteiger partial charge < -0.3 is 10.1 Å². The maximum absolute atomic E-state index is 6.06. The molecule has 0 radical (unpaired) electrons. The molecule has 1 aromatic rings. The Morgan fingerprint density at radius 1 is 1.10 bits per heavy atom. The van der Waals surface area contributed by atoms with Gasteiger partial charge in [0.1, 0.15) is 11.9 Å². The van der Waals surface area contributed by atoms with Crippen molar-refractivity contribution in [3.8, 4) is 5.75 Å². The Morgan fingerprint density at radius 2 is 1.75 bits per heavy atom. The van der Waals surface area contributed by atoms with Crippen LogP contribution >= 0.6 is 0 Å². The molecule has 0 aliphatic heterocycles. The van der Waals surface area contributed by atoms with E-state index < -0.39 is 0 Å². The molecule has 0 amide bonds. The van der Waals surface area contributed by atoms with Gasteiger partial charge in [-0.3, -0.25) is 0 Å². The highest BCUT2D eigenvalue weighted by atomic mass is 16.5. The zero-order valence-corrected chi connectivity index (χ0v) is 13.8. The smallest absolute Gasteiger partial charge is 0.119 e. The van der Waals surface area contributed by atoms with Gasteiger partial charge in [0.2, 0.25) is 0 Å². The van der Waals surface area contributed by atoms with E-state index in [1.807, 2.05) is 0 Å². The van der Waals surface area contributed by atoms with Crippen LogP contribution in [0, 0.1) is 0 Å². The van der Waals surface area contributed by atoms with E-state index in [0.29, 0.717) is 0 Å². The Morgan fingerprint density at radius 3 is 2.25 bits per heavy atom. The molecule has 0 spiro atoms. The zero-order chi connectivity index (χ0) is 15.0.